The summed E-state index contributed by atoms with van der Waals surface area (Å²) in [4.78, 5) is 0. The van der Waals surface area contributed by atoms with Crippen LogP contribution in [-0.2, 0) is 7.05 Å². The average Bonchev–Trinajstić information content (AvgIpc) is 2.37. The smallest absolute Gasteiger partial charge is 0.209 e. The predicted molar refractivity (Wildman–Crippen MR) is 44.4 cm³/mol. The molecule has 1 aromatic heterocycles. The van der Waals surface area contributed by atoms with Gasteiger partial charge in [0, 0.05) is 12.8 Å². The topological polar surface area (TPSA) is 43.6 Å². The Morgan fingerprint density at radius 1 is 1.55 bits per heavy atom. The van der Waals surface area contributed by atoms with Gasteiger partial charge in [-0.15, -0.1) is 5.10 Å². The summed E-state index contributed by atoms with van der Waals surface area (Å²) in [6.45, 7) is 2.18. The maximum atomic E-state index is 3.85. The molecule has 62 valence electrons. The molecule has 0 aliphatic heterocycles. The van der Waals surface area contributed by atoms with Crippen molar-refractivity contribution in [3.63, 3.8) is 0 Å². The third-order valence-electron chi connectivity index (χ3n) is 1.31. The Morgan fingerprint density at radius 3 is 2.91 bits per heavy atom. The molecule has 0 bridgehead atoms. The Bertz CT molecular complexity index is 210. The molecular formula is C6H12N4S. The van der Waals surface area contributed by atoms with Crippen molar-refractivity contribution in [3.8, 4) is 0 Å². The SMILES string of the molecule is CCCCSc1nnnn1C. The summed E-state index contributed by atoms with van der Waals surface area (Å²) < 4.78 is 1.69. The fourth-order valence-electron chi connectivity index (χ4n) is 0.651. The van der Waals surface area contributed by atoms with Gasteiger partial charge in [0.25, 0.3) is 0 Å². The van der Waals surface area contributed by atoms with Crippen molar-refractivity contribution < 1.29 is 0 Å². The van der Waals surface area contributed by atoms with E-state index >= 15 is 0 Å². The van der Waals surface area contributed by atoms with Crippen LogP contribution in [0.1, 0.15) is 19.8 Å². The minimum absolute atomic E-state index is 0.901. The second kappa shape index (κ2) is 4.33. The van der Waals surface area contributed by atoms with Crippen LogP contribution >= 0.6 is 11.8 Å². The van der Waals surface area contributed by atoms with Crippen molar-refractivity contribution in [2.75, 3.05) is 5.75 Å². The molecule has 0 saturated heterocycles. The fraction of sp³-hybridized carbons (Fsp3) is 0.833. The first-order valence-electron chi connectivity index (χ1n) is 3.69. The van der Waals surface area contributed by atoms with Gasteiger partial charge < -0.3 is 0 Å². The minimum Gasteiger partial charge on any atom is -0.224 e. The third kappa shape index (κ3) is 2.49. The van der Waals surface area contributed by atoms with Crippen LogP contribution < -0.4 is 0 Å². The van der Waals surface area contributed by atoms with Crippen LogP contribution in [0.2, 0.25) is 0 Å². The van der Waals surface area contributed by atoms with Crippen LogP contribution in [0.15, 0.2) is 5.16 Å². The maximum Gasteiger partial charge on any atom is 0.209 e. The number of nitrogens with zero attached hydrogens (tertiary/aromatic N) is 4. The fourth-order valence-corrected chi connectivity index (χ4v) is 1.58. The van der Waals surface area contributed by atoms with Crippen LogP contribution in [0.25, 0.3) is 0 Å². The molecule has 0 spiro atoms. The van der Waals surface area contributed by atoms with E-state index in [1.165, 1.54) is 12.8 Å². The number of aromatic nitrogens is 4. The monoisotopic (exact) mass is 172 g/mol. The molecule has 1 heterocycles. The Morgan fingerprint density at radius 2 is 2.36 bits per heavy atom. The molecule has 0 aromatic carbocycles. The zero-order valence-electron chi connectivity index (χ0n) is 6.82. The highest BCUT2D eigenvalue weighted by Gasteiger charge is 2.00. The van der Waals surface area contributed by atoms with Gasteiger partial charge in [0.05, 0.1) is 0 Å². The van der Waals surface area contributed by atoms with Crippen LogP contribution in [-0.4, -0.2) is 26.0 Å². The highest BCUT2D eigenvalue weighted by atomic mass is 32.2. The lowest BCUT2D eigenvalue weighted by Crippen LogP contribution is -1.93. The molecule has 0 fully saturated rings. The van der Waals surface area contributed by atoms with E-state index < -0.39 is 0 Å². The highest BCUT2D eigenvalue weighted by Crippen LogP contribution is 2.13. The largest absolute Gasteiger partial charge is 0.224 e. The van der Waals surface area contributed by atoms with Crippen LogP contribution in [0.5, 0.6) is 0 Å². The lowest BCUT2D eigenvalue weighted by atomic mass is 10.4. The lowest BCUT2D eigenvalue weighted by molar-refractivity contribution is 0.664. The standard InChI is InChI=1S/C6H12N4S/c1-3-4-5-11-6-7-8-9-10(6)2/h3-5H2,1-2H3. The van der Waals surface area contributed by atoms with Crippen LogP contribution in [0, 0.1) is 0 Å². The molecule has 11 heavy (non-hydrogen) atoms. The number of aryl methyl sites for hydroxylation is 1. The number of hydrogen-bond donors (Lipinski definition) is 0. The summed E-state index contributed by atoms with van der Waals surface area (Å²) in [5, 5.41) is 12.0. The van der Waals surface area contributed by atoms with Crippen LogP contribution in [0.4, 0.5) is 0 Å². The Kier molecular flexibility index (Phi) is 3.35. The molecule has 0 atom stereocenters. The van der Waals surface area contributed by atoms with Gasteiger partial charge >= 0.3 is 0 Å². The number of rotatable bonds is 4. The van der Waals surface area contributed by atoms with Crippen molar-refractivity contribution in [1.82, 2.24) is 20.2 Å². The van der Waals surface area contributed by atoms with Gasteiger partial charge in [0.1, 0.15) is 0 Å². The molecule has 4 nitrogen and oxygen atoms in total. The number of hydrogen-bond acceptors (Lipinski definition) is 4. The Labute approximate surface area is 70.4 Å². The van der Waals surface area contributed by atoms with Crippen molar-refractivity contribution >= 4 is 11.8 Å². The molecule has 1 rings (SSSR count). The Hall–Kier alpha value is -0.580. The minimum atomic E-state index is 0.901. The zero-order chi connectivity index (χ0) is 8.10. The van der Waals surface area contributed by atoms with E-state index in [0.717, 1.165) is 10.9 Å². The van der Waals surface area contributed by atoms with Gasteiger partial charge in [-0.25, -0.2) is 4.68 Å². The van der Waals surface area contributed by atoms with E-state index in [2.05, 4.69) is 22.4 Å². The van der Waals surface area contributed by atoms with Crippen LogP contribution in [0.3, 0.4) is 0 Å². The summed E-state index contributed by atoms with van der Waals surface area (Å²) in [5.41, 5.74) is 0. The first-order valence-corrected chi connectivity index (χ1v) is 4.68. The number of thioether (sulfide) groups is 1. The molecule has 0 saturated carbocycles. The first kappa shape index (κ1) is 8.52. The second-order valence-corrected chi connectivity index (χ2v) is 3.35. The van der Waals surface area contributed by atoms with E-state index in [1.807, 2.05) is 7.05 Å². The molecule has 0 amide bonds. The second-order valence-electron chi connectivity index (χ2n) is 2.29. The zero-order valence-corrected chi connectivity index (χ0v) is 7.63. The van der Waals surface area contributed by atoms with E-state index in [-0.39, 0.29) is 0 Å². The van der Waals surface area contributed by atoms with Crippen molar-refractivity contribution in [2.24, 2.45) is 7.05 Å². The summed E-state index contributed by atoms with van der Waals surface area (Å²) in [6.07, 6.45) is 2.44. The number of tetrazole rings is 1. The highest BCUT2D eigenvalue weighted by molar-refractivity contribution is 7.99. The predicted octanol–water partition coefficient (Wildman–Crippen LogP) is 1.10. The van der Waals surface area contributed by atoms with Crippen molar-refractivity contribution in [2.45, 2.75) is 24.9 Å². The van der Waals surface area contributed by atoms with E-state index in [0.29, 0.717) is 0 Å². The van der Waals surface area contributed by atoms with Gasteiger partial charge in [-0.3, -0.25) is 0 Å². The number of unbranched alkanes of at least 4 members (excludes halogenated alkanes) is 1. The molecule has 0 unspecified atom stereocenters. The summed E-state index contributed by atoms with van der Waals surface area (Å²) in [7, 11) is 1.86. The van der Waals surface area contributed by atoms with E-state index in [1.54, 1.807) is 16.4 Å². The van der Waals surface area contributed by atoms with Gasteiger partial charge in [-0.2, -0.15) is 0 Å². The molecular weight excluding hydrogens is 160 g/mol. The average molecular weight is 172 g/mol. The van der Waals surface area contributed by atoms with E-state index in [4.69, 9.17) is 0 Å². The van der Waals surface area contributed by atoms with Gasteiger partial charge in [0.2, 0.25) is 5.16 Å². The quantitative estimate of drug-likeness (QED) is 0.504. The van der Waals surface area contributed by atoms with E-state index in [9.17, 15) is 0 Å². The normalized spacial score (nSPS) is 10.4. The van der Waals surface area contributed by atoms with Crippen molar-refractivity contribution in [1.29, 1.82) is 0 Å². The Balaban J connectivity index is 2.32. The van der Waals surface area contributed by atoms with Gasteiger partial charge in [-0.1, -0.05) is 25.1 Å². The summed E-state index contributed by atoms with van der Waals surface area (Å²) in [5.74, 6) is 1.10. The molecule has 1 aromatic rings. The van der Waals surface area contributed by atoms with Crippen molar-refractivity contribution in [3.05, 3.63) is 0 Å². The molecule has 0 aliphatic carbocycles. The first-order chi connectivity index (χ1) is 5.34. The summed E-state index contributed by atoms with van der Waals surface area (Å²) >= 11 is 1.71. The van der Waals surface area contributed by atoms with Gasteiger partial charge in [0.15, 0.2) is 0 Å². The molecule has 0 radical (unpaired) electrons. The molecule has 5 heteroatoms. The lowest BCUT2D eigenvalue weighted by Gasteiger charge is -1.95. The molecule has 0 N–H and O–H groups in total. The van der Waals surface area contributed by atoms with Gasteiger partial charge in [-0.05, 0) is 16.8 Å². The summed E-state index contributed by atoms with van der Waals surface area (Å²) in [6, 6.07) is 0. The maximum absolute atomic E-state index is 3.85. The molecule has 0 aliphatic rings. The third-order valence-corrected chi connectivity index (χ3v) is 2.41.